The lowest BCUT2D eigenvalue weighted by atomic mass is 10.1. The number of nitrogens with one attached hydrogen (secondary N) is 1. The van der Waals surface area contributed by atoms with Crippen LogP contribution >= 0.6 is 0 Å². The van der Waals surface area contributed by atoms with Gasteiger partial charge in [-0.3, -0.25) is 4.79 Å². The first kappa shape index (κ1) is 15.6. The smallest absolute Gasteiger partial charge is 0.277 e. The van der Waals surface area contributed by atoms with Crippen molar-refractivity contribution in [3.63, 3.8) is 0 Å². The summed E-state index contributed by atoms with van der Waals surface area (Å²) in [5, 5.41) is 13.0. The highest BCUT2D eigenvalue weighted by molar-refractivity contribution is 5.83. The number of hydrazone groups is 1. The van der Waals surface area contributed by atoms with Crippen LogP contribution in [0.15, 0.2) is 47.6 Å². The first-order chi connectivity index (χ1) is 10.5. The summed E-state index contributed by atoms with van der Waals surface area (Å²) in [4.78, 5) is 11.7. The second kappa shape index (κ2) is 7.26. The molecule has 0 radical (unpaired) electrons. The number of aromatic hydroxyl groups is 1. The van der Waals surface area contributed by atoms with Crippen LogP contribution in [0.3, 0.4) is 0 Å². The molecule has 0 saturated carbocycles. The van der Waals surface area contributed by atoms with Gasteiger partial charge in [-0.05, 0) is 60.9 Å². The van der Waals surface area contributed by atoms with Crippen molar-refractivity contribution < 1.29 is 14.6 Å². The molecule has 0 aromatic heterocycles. The molecule has 0 aliphatic rings. The molecule has 0 bridgehead atoms. The summed E-state index contributed by atoms with van der Waals surface area (Å²) in [6, 6.07) is 12.3. The van der Waals surface area contributed by atoms with Gasteiger partial charge >= 0.3 is 0 Å². The van der Waals surface area contributed by atoms with Crippen LogP contribution in [-0.4, -0.2) is 23.8 Å². The number of benzene rings is 2. The standard InChI is InChI=1S/C17H18N2O3/c1-12-3-4-13(2)16(9-12)22-11-17(21)19-18-10-14-5-7-15(20)8-6-14/h3-10,20H,11H2,1-2H3,(H,19,21)/b18-10+. The zero-order valence-corrected chi connectivity index (χ0v) is 12.5. The Morgan fingerprint density at radius 1 is 1.23 bits per heavy atom. The molecule has 2 aromatic carbocycles. The number of amides is 1. The predicted molar refractivity (Wildman–Crippen MR) is 85.3 cm³/mol. The molecular weight excluding hydrogens is 280 g/mol. The van der Waals surface area contributed by atoms with E-state index in [1.165, 1.54) is 6.21 Å². The Bertz CT molecular complexity index is 679. The Hall–Kier alpha value is -2.82. The van der Waals surface area contributed by atoms with Gasteiger partial charge in [-0.15, -0.1) is 0 Å². The molecule has 22 heavy (non-hydrogen) atoms. The third-order valence-electron chi connectivity index (χ3n) is 3.00. The predicted octanol–water partition coefficient (Wildman–Crippen LogP) is 2.54. The van der Waals surface area contributed by atoms with E-state index in [2.05, 4.69) is 10.5 Å². The fraction of sp³-hybridized carbons (Fsp3) is 0.176. The molecule has 5 nitrogen and oxygen atoms in total. The summed E-state index contributed by atoms with van der Waals surface area (Å²) in [6.45, 7) is 3.79. The van der Waals surface area contributed by atoms with Gasteiger partial charge < -0.3 is 9.84 Å². The lowest BCUT2D eigenvalue weighted by molar-refractivity contribution is -0.123. The van der Waals surface area contributed by atoms with Crippen LogP contribution in [0, 0.1) is 13.8 Å². The van der Waals surface area contributed by atoms with Gasteiger partial charge in [0, 0.05) is 0 Å². The van der Waals surface area contributed by atoms with E-state index < -0.39 is 0 Å². The van der Waals surface area contributed by atoms with Crippen LogP contribution in [0.1, 0.15) is 16.7 Å². The van der Waals surface area contributed by atoms with E-state index in [1.807, 2.05) is 32.0 Å². The summed E-state index contributed by atoms with van der Waals surface area (Å²) in [5.74, 6) is 0.539. The summed E-state index contributed by atoms with van der Waals surface area (Å²) < 4.78 is 5.48. The van der Waals surface area contributed by atoms with Crippen molar-refractivity contribution >= 4 is 12.1 Å². The quantitative estimate of drug-likeness (QED) is 0.658. The number of hydrogen-bond donors (Lipinski definition) is 2. The third kappa shape index (κ3) is 4.63. The van der Waals surface area contributed by atoms with Crippen molar-refractivity contribution in [2.75, 3.05) is 6.61 Å². The summed E-state index contributed by atoms with van der Waals surface area (Å²) in [5.41, 5.74) is 5.22. The number of phenols is 1. The van der Waals surface area contributed by atoms with Crippen LogP contribution in [-0.2, 0) is 4.79 Å². The Morgan fingerprint density at radius 2 is 1.95 bits per heavy atom. The Morgan fingerprint density at radius 3 is 2.68 bits per heavy atom. The molecule has 5 heteroatoms. The van der Waals surface area contributed by atoms with Crippen molar-refractivity contribution in [2.24, 2.45) is 5.10 Å². The number of carbonyl (C=O) groups excluding carboxylic acids is 1. The van der Waals surface area contributed by atoms with Crippen molar-refractivity contribution in [3.05, 3.63) is 59.2 Å². The van der Waals surface area contributed by atoms with Gasteiger partial charge in [-0.25, -0.2) is 5.43 Å². The average molecular weight is 298 g/mol. The molecule has 0 fully saturated rings. The van der Waals surface area contributed by atoms with Gasteiger partial charge in [0.1, 0.15) is 11.5 Å². The molecule has 0 aliphatic heterocycles. The molecule has 0 unspecified atom stereocenters. The first-order valence-electron chi connectivity index (χ1n) is 6.85. The number of ether oxygens (including phenoxy) is 1. The zero-order chi connectivity index (χ0) is 15.9. The van der Waals surface area contributed by atoms with Crippen LogP contribution in [0.4, 0.5) is 0 Å². The van der Waals surface area contributed by atoms with E-state index in [9.17, 15) is 4.79 Å². The van der Waals surface area contributed by atoms with E-state index >= 15 is 0 Å². The first-order valence-corrected chi connectivity index (χ1v) is 6.85. The monoisotopic (exact) mass is 298 g/mol. The molecular formula is C17H18N2O3. The maximum Gasteiger partial charge on any atom is 0.277 e. The normalized spacial score (nSPS) is 10.6. The number of nitrogens with zero attached hydrogens (tertiary/aromatic N) is 1. The van der Waals surface area contributed by atoms with Gasteiger partial charge in [0.05, 0.1) is 6.21 Å². The van der Waals surface area contributed by atoms with E-state index in [4.69, 9.17) is 9.84 Å². The molecule has 0 atom stereocenters. The minimum absolute atomic E-state index is 0.1000. The fourth-order valence-corrected chi connectivity index (χ4v) is 1.78. The largest absolute Gasteiger partial charge is 0.508 e. The van der Waals surface area contributed by atoms with E-state index in [0.717, 1.165) is 16.7 Å². The summed E-state index contributed by atoms with van der Waals surface area (Å²) in [6.07, 6.45) is 1.50. The maximum atomic E-state index is 11.7. The van der Waals surface area contributed by atoms with Crippen LogP contribution < -0.4 is 10.2 Å². The molecule has 0 heterocycles. The number of aryl methyl sites for hydroxylation is 2. The maximum absolute atomic E-state index is 11.7. The minimum atomic E-state index is -0.337. The lowest BCUT2D eigenvalue weighted by Crippen LogP contribution is -2.24. The van der Waals surface area contributed by atoms with Crippen molar-refractivity contribution in [1.29, 1.82) is 0 Å². The molecule has 0 saturated heterocycles. The van der Waals surface area contributed by atoms with Crippen LogP contribution in [0.2, 0.25) is 0 Å². The molecule has 2 N–H and O–H groups in total. The lowest BCUT2D eigenvalue weighted by Gasteiger charge is -2.08. The third-order valence-corrected chi connectivity index (χ3v) is 3.00. The Balaban J connectivity index is 1.83. The number of hydrogen-bond acceptors (Lipinski definition) is 4. The number of rotatable bonds is 5. The topological polar surface area (TPSA) is 70.9 Å². The minimum Gasteiger partial charge on any atom is -0.508 e. The second-order valence-electron chi connectivity index (χ2n) is 4.94. The SMILES string of the molecule is Cc1ccc(C)c(OCC(=O)N/N=C/c2ccc(O)cc2)c1. The Labute approximate surface area is 129 Å². The van der Waals surface area contributed by atoms with Gasteiger partial charge in [0.2, 0.25) is 0 Å². The summed E-state index contributed by atoms with van der Waals surface area (Å²) in [7, 11) is 0. The molecule has 0 spiro atoms. The van der Waals surface area contributed by atoms with E-state index in [1.54, 1.807) is 24.3 Å². The van der Waals surface area contributed by atoms with Crippen molar-refractivity contribution in [3.8, 4) is 11.5 Å². The van der Waals surface area contributed by atoms with Gasteiger partial charge in [0.25, 0.3) is 5.91 Å². The fourth-order valence-electron chi connectivity index (χ4n) is 1.78. The van der Waals surface area contributed by atoms with Gasteiger partial charge in [0.15, 0.2) is 6.61 Å². The van der Waals surface area contributed by atoms with Crippen LogP contribution in [0.5, 0.6) is 11.5 Å². The molecule has 1 amide bonds. The highest BCUT2D eigenvalue weighted by Crippen LogP contribution is 2.18. The van der Waals surface area contributed by atoms with Gasteiger partial charge in [-0.1, -0.05) is 12.1 Å². The molecule has 114 valence electrons. The van der Waals surface area contributed by atoms with Crippen LogP contribution in [0.25, 0.3) is 0 Å². The second-order valence-corrected chi connectivity index (χ2v) is 4.94. The summed E-state index contributed by atoms with van der Waals surface area (Å²) >= 11 is 0. The van der Waals surface area contributed by atoms with Crippen molar-refractivity contribution in [2.45, 2.75) is 13.8 Å². The van der Waals surface area contributed by atoms with Crippen molar-refractivity contribution in [1.82, 2.24) is 5.43 Å². The molecule has 0 aliphatic carbocycles. The van der Waals surface area contributed by atoms with E-state index in [0.29, 0.717) is 5.75 Å². The Kier molecular flexibility index (Phi) is 5.14. The molecule has 2 rings (SSSR count). The highest BCUT2D eigenvalue weighted by Gasteiger charge is 2.04. The van der Waals surface area contributed by atoms with Gasteiger partial charge in [-0.2, -0.15) is 5.10 Å². The average Bonchev–Trinajstić information content (AvgIpc) is 2.50. The number of carbonyl (C=O) groups is 1. The highest BCUT2D eigenvalue weighted by atomic mass is 16.5. The zero-order valence-electron chi connectivity index (χ0n) is 12.5. The molecule has 2 aromatic rings. The van der Waals surface area contributed by atoms with E-state index in [-0.39, 0.29) is 18.3 Å². The number of phenolic OH excluding ortho intramolecular Hbond substituents is 1.